The summed E-state index contributed by atoms with van der Waals surface area (Å²) in [6.07, 6.45) is 0.937. The van der Waals surface area contributed by atoms with Crippen LogP contribution in [0.15, 0.2) is 0 Å². The van der Waals surface area contributed by atoms with E-state index in [1.165, 1.54) is 0 Å². The molecule has 1 fully saturated rings. The molecule has 3 nitrogen and oxygen atoms in total. The number of hydrogen-bond acceptors (Lipinski definition) is 4. The predicted octanol–water partition coefficient (Wildman–Crippen LogP) is 0.900. The van der Waals surface area contributed by atoms with Gasteiger partial charge in [0, 0.05) is 11.8 Å². The highest BCUT2D eigenvalue weighted by molar-refractivity contribution is 8.00. The Balaban J connectivity index is 2.72. The average molecular weight is 175 g/mol. The van der Waals surface area contributed by atoms with E-state index in [2.05, 4.69) is 13.8 Å². The highest BCUT2D eigenvalue weighted by Gasteiger charge is 2.37. The maximum absolute atomic E-state index is 10.7. The monoisotopic (exact) mass is 175 g/mol. The molecule has 4 heteroatoms. The summed E-state index contributed by atoms with van der Waals surface area (Å²) in [4.78, 5) is 15.8. The Morgan fingerprint density at radius 1 is 1.73 bits per heavy atom. The lowest BCUT2D eigenvalue weighted by Crippen LogP contribution is -2.50. The highest BCUT2D eigenvalue weighted by atomic mass is 32.2. The van der Waals surface area contributed by atoms with E-state index in [1.54, 1.807) is 23.9 Å². The van der Waals surface area contributed by atoms with Crippen molar-refractivity contribution in [3.05, 3.63) is 0 Å². The van der Waals surface area contributed by atoms with Crippen molar-refractivity contribution in [2.24, 2.45) is 0 Å². The summed E-state index contributed by atoms with van der Waals surface area (Å²) in [5, 5.41) is 1.63. The van der Waals surface area contributed by atoms with Gasteiger partial charge in [0.25, 0.3) is 0 Å². The van der Waals surface area contributed by atoms with Crippen LogP contribution in [0.3, 0.4) is 0 Å². The number of hydroxylamine groups is 2. The van der Waals surface area contributed by atoms with Crippen LogP contribution >= 0.6 is 11.8 Å². The van der Waals surface area contributed by atoms with Crippen molar-refractivity contribution in [1.82, 2.24) is 5.06 Å². The van der Waals surface area contributed by atoms with Gasteiger partial charge in [-0.05, 0) is 13.8 Å². The Morgan fingerprint density at radius 3 is 2.73 bits per heavy atom. The zero-order valence-electron chi connectivity index (χ0n) is 7.03. The van der Waals surface area contributed by atoms with Crippen LogP contribution in [0.1, 0.15) is 13.8 Å². The lowest BCUT2D eigenvalue weighted by Gasteiger charge is -2.40. The van der Waals surface area contributed by atoms with Gasteiger partial charge < -0.3 is 4.79 Å². The van der Waals surface area contributed by atoms with Gasteiger partial charge in [0.05, 0.1) is 0 Å². The second kappa shape index (κ2) is 3.13. The molecule has 1 aliphatic rings. The minimum atomic E-state index is -0.138. The van der Waals surface area contributed by atoms with Gasteiger partial charge in [-0.2, -0.15) is 5.06 Å². The summed E-state index contributed by atoms with van der Waals surface area (Å²) in [7, 11) is 1.79. The summed E-state index contributed by atoms with van der Waals surface area (Å²) in [6, 6.07) is -0.138. The van der Waals surface area contributed by atoms with Crippen LogP contribution in [0.4, 0.5) is 0 Å². The zero-order chi connectivity index (χ0) is 8.48. The van der Waals surface area contributed by atoms with Gasteiger partial charge in [0.1, 0.15) is 18.3 Å². The molecule has 0 aromatic carbocycles. The van der Waals surface area contributed by atoms with Crippen LogP contribution in [-0.4, -0.2) is 35.1 Å². The normalized spacial score (nSPS) is 31.7. The fourth-order valence-electron chi connectivity index (χ4n) is 1.11. The van der Waals surface area contributed by atoms with Crippen molar-refractivity contribution >= 4 is 18.0 Å². The Bertz CT molecular complexity index is 161. The number of aldehydes is 1. The number of carbonyl (C=O) groups is 1. The molecule has 1 heterocycles. The molecule has 0 spiro atoms. The summed E-state index contributed by atoms with van der Waals surface area (Å²) in [6.45, 7) is 4.10. The molecule has 0 saturated carbocycles. The van der Waals surface area contributed by atoms with Crippen molar-refractivity contribution in [2.45, 2.75) is 24.6 Å². The van der Waals surface area contributed by atoms with E-state index in [0.29, 0.717) is 5.94 Å². The Kier molecular flexibility index (Phi) is 2.57. The van der Waals surface area contributed by atoms with Gasteiger partial charge in [-0.15, -0.1) is 11.8 Å². The fraction of sp³-hybridized carbons (Fsp3) is 0.857. The largest absolute Gasteiger partial charge is 0.301 e. The zero-order valence-corrected chi connectivity index (χ0v) is 7.85. The molecule has 64 valence electrons. The van der Waals surface area contributed by atoms with Crippen LogP contribution in [-0.2, 0) is 9.63 Å². The Hall–Kier alpha value is -0.0600. The first kappa shape index (κ1) is 9.03. The van der Waals surface area contributed by atoms with E-state index in [1.807, 2.05) is 0 Å². The van der Waals surface area contributed by atoms with Crippen LogP contribution in [0.25, 0.3) is 0 Å². The van der Waals surface area contributed by atoms with Gasteiger partial charge in [-0.25, -0.2) is 0 Å². The highest BCUT2D eigenvalue weighted by Crippen LogP contribution is 2.34. The molecule has 1 rings (SSSR count). The van der Waals surface area contributed by atoms with E-state index >= 15 is 0 Å². The molecular formula is C7H13NO2S. The van der Waals surface area contributed by atoms with Crippen LogP contribution in [0.2, 0.25) is 0 Å². The second-order valence-corrected chi connectivity index (χ2v) is 4.70. The average Bonchev–Trinajstić information content (AvgIpc) is 1.86. The molecule has 11 heavy (non-hydrogen) atoms. The molecule has 0 N–H and O–H groups in total. The lowest BCUT2D eigenvalue weighted by molar-refractivity contribution is -0.166. The molecule has 1 saturated heterocycles. The third-order valence-electron chi connectivity index (χ3n) is 1.92. The molecule has 0 bridgehead atoms. The maximum atomic E-state index is 10.7. The van der Waals surface area contributed by atoms with Crippen molar-refractivity contribution in [1.29, 1.82) is 0 Å². The first-order valence-corrected chi connectivity index (χ1v) is 4.51. The molecular weight excluding hydrogens is 162 g/mol. The van der Waals surface area contributed by atoms with Crippen molar-refractivity contribution in [3.8, 4) is 0 Å². The smallest absolute Gasteiger partial charge is 0.140 e. The Labute approximate surface area is 71.0 Å². The molecule has 1 aliphatic heterocycles. The number of nitrogens with zero attached hydrogens (tertiary/aromatic N) is 1. The van der Waals surface area contributed by atoms with E-state index < -0.39 is 0 Å². The topological polar surface area (TPSA) is 29.5 Å². The number of likely N-dealkylation sites (N-methyl/N-ethyl adjacent to an activating group) is 1. The van der Waals surface area contributed by atoms with Gasteiger partial charge in [0.2, 0.25) is 0 Å². The van der Waals surface area contributed by atoms with E-state index in [-0.39, 0.29) is 10.8 Å². The second-order valence-electron chi connectivity index (χ2n) is 3.12. The van der Waals surface area contributed by atoms with Crippen molar-refractivity contribution in [3.63, 3.8) is 0 Å². The fourth-order valence-corrected chi connectivity index (χ4v) is 2.01. The number of carbonyl (C=O) groups excluding carboxylic acids is 1. The van der Waals surface area contributed by atoms with Crippen LogP contribution < -0.4 is 0 Å². The SMILES string of the molecule is CN1OCSC(C)(C)C1C=O. The molecule has 0 aliphatic carbocycles. The van der Waals surface area contributed by atoms with Gasteiger partial charge in [0.15, 0.2) is 0 Å². The first-order valence-electron chi connectivity index (χ1n) is 3.53. The molecule has 0 aromatic heterocycles. The summed E-state index contributed by atoms with van der Waals surface area (Å²) in [5.41, 5.74) is 0. The molecule has 1 atom stereocenters. The summed E-state index contributed by atoms with van der Waals surface area (Å²) >= 11 is 1.66. The molecule has 0 radical (unpaired) electrons. The maximum Gasteiger partial charge on any atom is 0.140 e. The lowest BCUT2D eigenvalue weighted by atomic mass is 10.1. The standard InChI is InChI=1S/C7H13NO2S/c1-7(2)6(4-9)8(3)10-5-11-7/h4,6H,5H2,1-3H3. The molecule has 0 aromatic rings. The van der Waals surface area contributed by atoms with Gasteiger partial charge in [-0.1, -0.05) is 0 Å². The first-order chi connectivity index (χ1) is 5.08. The number of thioether (sulfide) groups is 1. The van der Waals surface area contributed by atoms with Gasteiger partial charge in [-0.3, -0.25) is 4.84 Å². The third kappa shape index (κ3) is 1.75. The summed E-state index contributed by atoms with van der Waals surface area (Å²) < 4.78 is -0.0330. The van der Waals surface area contributed by atoms with Crippen LogP contribution in [0.5, 0.6) is 0 Å². The quantitative estimate of drug-likeness (QED) is 0.554. The minimum absolute atomic E-state index is 0.0330. The van der Waals surface area contributed by atoms with E-state index in [0.717, 1.165) is 6.29 Å². The molecule has 1 unspecified atom stereocenters. The van der Waals surface area contributed by atoms with Crippen LogP contribution in [0, 0.1) is 0 Å². The Morgan fingerprint density at radius 2 is 2.36 bits per heavy atom. The summed E-state index contributed by atoms with van der Waals surface area (Å²) in [5.74, 6) is 0.633. The third-order valence-corrected chi connectivity index (χ3v) is 3.13. The van der Waals surface area contributed by atoms with E-state index in [9.17, 15) is 4.79 Å². The van der Waals surface area contributed by atoms with E-state index in [4.69, 9.17) is 4.84 Å². The molecule has 0 amide bonds. The van der Waals surface area contributed by atoms with Crippen molar-refractivity contribution in [2.75, 3.05) is 13.0 Å². The van der Waals surface area contributed by atoms with Gasteiger partial charge >= 0.3 is 0 Å². The minimum Gasteiger partial charge on any atom is -0.301 e. The number of hydrogen-bond donors (Lipinski definition) is 0. The van der Waals surface area contributed by atoms with Crippen molar-refractivity contribution < 1.29 is 9.63 Å². The number of rotatable bonds is 1. The predicted molar refractivity (Wildman–Crippen MR) is 45.2 cm³/mol.